The molecule has 1 heterocycles. The molecule has 4 nitrogen and oxygen atoms in total. The number of hydrogen-bond donors (Lipinski definition) is 1. The minimum absolute atomic E-state index is 0.603. The Balaban J connectivity index is 2.02. The average molecular weight is 351 g/mol. The zero-order valence-corrected chi connectivity index (χ0v) is 13.8. The standard InChI is InChI=1S/C16H19BrN2O2/c1-3-21-16-14(17)8-12(9-15(16)20-2)10-18-11-13-6-4-5-7-19-13/h4-9,18H,3,10-11H2,1-2H3. The summed E-state index contributed by atoms with van der Waals surface area (Å²) in [6.07, 6.45) is 1.80. The Bertz CT molecular complexity index is 576. The molecule has 2 rings (SSSR count). The van der Waals surface area contributed by atoms with Gasteiger partial charge in [0.25, 0.3) is 0 Å². The molecule has 0 saturated heterocycles. The van der Waals surface area contributed by atoms with E-state index < -0.39 is 0 Å². The van der Waals surface area contributed by atoms with Gasteiger partial charge in [0.1, 0.15) is 0 Å². The van der Waals surface area contributed by atoms with Gasteiger partial charge in [-0.05, 0) is 52.7 Å². The summed E-state index contributed by atoms with van der Waals surface area (Å²) in [6, 6.07) is 9.93. The van der Waals surface area contributed by atoms with E-state index in [0.717, 1.165) is 40.3 Å². The number of ether oxygens (including phenoxy) is 2. The minimum Gasteiger partial charge on any atom is -0.493 e. The number of hydrogen-bond acceptors (Lipinski definition) is 4. The minimum atomic E-state index is 0.603. The molecule has 0 radical (unpaired) electrons. The zero-order valence-electron chi connectivity index (χ0n) is 12.2. The Hall–Kier alpha value is -1.59. The van der Waals surface area contributed by atoms with Gasteiger partial charge < -0.3 is 14.8 Å². The maximum atomic E-state index is 5.59. The highest BCUT2D eigenvalue weighted by Gasteiger charge is 2.11. The maximum Gasteiger partial charge on any atom is 0.175 e. The summed E-state index contributed by atoms with van der Waals surface area (Å²) in [5, 5.41) is 3.37. The predicted octanol–water partition coefficient (Wildman–Crippen LogP) is 3.54. The monoisotopic (exact) mass is 350 g/mol. The molecule has 0 spiro atoms. The fraction of sp³-hybridized carbons (Fsp3) is 0.312. The summed E-state index contributed by atoms with van der Waals surface area (Å²) >= 11 is 3.53. The Morgan fingerprint density at radius 2 is 2.10 bits per heavy atom. The Morgan fingerprint density at radius 1 is 1.24 bits per heavy atom. The smallest absolute Gasteiger partial charge is 0.175 e. The summed E-state index contributed by atoms with van der Waals surface area (Å²) in [5.74, 6) is 1.48. The summed E-state index contributed by atoms with van der Waals surface area (Å²) < 4.78 is 11.9. The van der Waals surface area contributed by atoms with E-state index in [1.807, 2.05) is 37.3 Å². The molecule has 0 unspecified atom stereocenters. The van der Waals surface area contributed by atoms with Gasteiger partial charge >= 0.3 is 0 Å². The van der Waals surface area contributed by atoms with Crippen LogP contribution in [0.3, 0.4) is 0 Å². The van der Waals surface area contributed by atoms with Gasteiger partial charge in [-0.25, -0.2) is 0 Å². The van der Waals surface area contributed by atoms with E-state index in [-0.39, 0.29) is 0 Å². The first-order chi connectivity index (χ1) is 10.2. The van der Waals surface area contributed by atoms with Crippen LogP contribution < -0.4 is 14.8 Å². The van der Waals surface area contributed by atoms with Crippen LogP contribution in [-0.2, 0) is 13.1 Å². The molecule has 0 atom stereocenters. The van der Waals surface area contributed by atoms with Crippen molar-refractivity contribution in [2.24, 2.45) is 0 Å². The second kappa shape index (κ2) is 8.00. The third-order valence-electron chi connectivity index (χ3n) is 2.94. The fourth-order valence-electron chi connectivity index (χ4n) is 2.00. The van der Waals surface area contributed by atoms with Crippen molar-refractivity contribution in [2.45, 2.75) is 20.0 Å². The number of aromatic nitrogens is 1. The number of nitrogens with zero attached hydrogens (tertiary/aromatic N) is 1. The van der Waals surface area contributed by atoms with Crippen molar-refractivity contribution in [3.8, 4) is 11.5 Å². The van der Waals surface area contributed by atoms with E-state index in [2.05, 4.69) is 26.2 Å². The Morgan fingerprint density at radius 3 is 2.76 bits per heavy atom. The van der Waals surface area contributed by atoms with Gasteiger partial charge in [-0.3, -0.25) is 4.98 Å². The first-order valence-electron chi connectivity index (χ1n) is 6.84. The van der Waals surface area contributed by atoms with Crippen LogP contribution in [0.4, 0.5) is 0 Å². The van der Waals surface area contributed by atoms with Crippen LogP contribution in [-0.4, -0.2) is 18.7 Å². The van der Waals surface area contributed by atoms with Crippen LogP contribution in [0.5, 0.6) is 11.5 Å². The van der Waals surface area contributed by atoms with Crippen molar-refractivity contribution in [3.63, 3.8) is 0 Å². The molecule has 1 aromatic heterocycles. The first-order valence-corrected chi connectivity index (χ1v) is 7.63. The lowest BCUT2D eigenvalue weighted by molar-refractivity contribution is 0.308. The van der Waals surface area contributed by atoms with E-state index in [1.54, 1.807) is 13.3 Å². The lowest BCUT2D eigenvalue weighted by Gasteiger charge is -2.13. The average Bonchev–Trinajstić information content (AvgIpc) is 2.51. The number of nitrogens with one attached hydrogen (secondary N) is 1. The van der Waals surface area contributed by atoms with Crippen LogP contribution in [0.2, 0.25) is 0 Å². The Labute approximate surface area is 133 Å². The molecule has 2 aromatic rings. The molecule has 1 aromatic carbocycles. The number of pyridine rings is 1. The van der Waals surface area contributed by atoms with Gasteiger partial charge in [0, 0.05) is 19.3 Å². The van der Waals surface area contributed by atoms with E-state index in [1.165, 1.54) is 0 Å². The van der Waals surface area contributed by atoms with Crippen LogP contribution in [0.1, 0.15) is 18.2 Å². The second-order valence-electron chi connectivity index (χ2n) is 4.47. The summed E-state index contributed by atoms with van der Waals surface area (Å²) in [6.45, 7) is 4.02. The van der Waals surface area contributed by atoms with Crippen LogP contribution >= 0.6 is 15.9 Å². The topological polar surface area (TPSA) is 43.4 Å². The van der Waals surface area contributed by atoms with Gasteiger partial charge in [0.2, 0.25) is 0 Å². The third kappa shape index (κ3) is 4.44. The van der Waals surface area contributed by atoms with Crippen molar-refractivity contribution in [1.29, 1.82) is 0 Å². The Kier molecular flexibility index (Phi) is 6.02. The molecule has 1 N–H and O–H groups in total. The van der Waals surface area contributed by atoms with E-state index in [0.29, 0.717) is 6.61 Å². The molecule has 0 amide bonds. The van der Waals surface area contributed by atoms with Gasteiger partial charge in [-0.2, -0.15) is 0 Å². The van der Waals surface area contributed by atoms with Gasteiger partial charge in [0.05, 0.1) is 23.9 Å². The maximum absolute atomic E-state index is 5.59. The van der Waals surface area contributed by atoms with E-state index in [9.17, 15) is 0 Å². The van der Waals surface area contributed by atoms with Crippen LogP contribution in [0, 0.1) is 0 Å². The molecule has 0 fully saturated rings. The number of methoxy groups -OCH3 is 1. The van der Waals surface area contributed by atoms with E-state index >= 15 is 0 Å². The number of halogens is 1. The summed E-state index contributed by atoms with van der Waals surface area (Å²) in [7, 11) is 1.65. The molecule has 0 aliphatic heterocycles. The van der Waals surface area contributed by atoms with Gasteiger partial charge in [-0.1, -0.05) is 6.07 Å². The second-order valence-corrected chi connectivity index (χ2v) is 5.32. The van der Waals surface area contributed by atoms with Crippen molar-refractivity contribution in [3.05, 3.63) is 52.3 Å². The molecule has 5 heteroatoms. The predicted molar refractivity (Wildman–Crippen MR) is 86.6 cm³/mol. The van der Waals surface area contributed by atoms with Crippen molar-refractivity contribution >= 4 is 15.9 Å². The quantitative estimate of drug-likeness (QED) is 0.829. The van der Waals surface area contributed by atoms with E-state index in [4.69, 9.17) is 9.47 Å². The first kappa shape index (κ1) is 15.8. The lowest BCUT2D eigenvalue weighted by Crippen LogP contribution is -2.13. The molecule has 21 heavy (non-hydrogen) atoms. The largest absolute Gasteiger partial charge is 0.493 e. The molecular formula is C16H19BrN2O2. The van der Waals surface area contributed by atoms with Crippen molar-refractivity contribution < 1.29 is 9.47 Å². The SMILES string of the molecule is CCOc1c(Br)cc(CNCc2ccccn2)cc1OC. The van der Waals surface area contributed by atoms with Crippen molar-refractivity contribution in [2.75, 3.05) is 13.7 Å². The molecule has 0 aliphatic rings. The summed E-state index contributed by atoms with van der Waals surface area (Å²) in [4.78, 5) is 4.28. The highest BCUT2D eigenvalue weighted by atomic mass is 79.9. The molecule has 0 saturated carbocycles. The normalized spacial score (nSPS) is 10.4. The molecule has 0 bridgehead atoms. The van der Waals surface area contributed by atoms with Gasteiger partial charge in [0.15, 0.2) is 11.5 Å². The fourth-order valence-corrected chi connectivity index (χ4v) is 2.60. The van der Waals surface area contributed by atoms with Crippen LogP contribution in [0.25, 0.3) is 0 Å². The van der Waals surface area contributed by atoms with Crippen LogP contribution in [0.15, 0.2) is 41.0 Å². The zero-order chi connectivity index (χ0) is 15.1. The third-order valence-corrected chi connectivity index (χ3v) is 3.53. The van der Waals surface area contributed by atoms with Gasteiger partial charge in [-0.15, -0.1) is 0 Å². The molecule has 112 valence electrons. The molecular weight excluding hydrogens is 332 g/mol. The number of rotatable bonds is 7. The lowest BCUT2D eigenvalue weighted by atomic mass is 10.2. The number of benzene rings is 1. The molecule has 0 aliphatic carbocycles. The highest BCUT2D eigenvalue weighted by molar-refractivity contribution is 9.10. The highest BCUT2D eigenvalue weighted by Crippen LogP contribution is 2.36. The summed E-state index contributed by atoms with van der Waals surface area (Å²) in [5.41, 5.74) is 2.15. The van der Waals surface area contributed by atoms with Crippen molar-refractivity contribution in [1.82, 2.24) is 10.3 Å².